The molecule has 3 aromatic carbocycles. The van der Waals surface area contributed by atoms with Crippen LogP contribution in [0, 0.1) is 19.7 Å². The summed E-state index contributed by atoms with van der Waals surface area (Å²) in [6, 6.07) is 22.9. The van der Waals surface area contributed by atoms with E-state index in [0.717, 1.165) is 65.1 Å². The minimum absolute atomic E-state index is 0.140. The molecule has 0 aliphatic carbocycles. The maximum atomic E-state index is 13.9. The van der Waals surface area contributed by atoms with Gasteiger partial charge in [-0.25, -0.2) is 4.39 Å². The van der Waals surface area contributed by atoms with Gasteiger partial charge < -0.3 is 9.88 Å². The molecular weight excluding hydrogens is 449 g/mol. The first-order valence-electron chi connectivity index (χ1n) is 12.5. The number of aromatic nitrogens is 2. The summed E-state index contributed by atoms with van der Waals surface area (Å²) in [4.78, 5) is 13.9. The van der Waals surface area contributed by atoms with E-state index in [1.807, 2.05) is 49.5 Å². The van der Waals surface area contributed by atoms with Crippen LogP contribution >= 0.6 is 0 Å². The fourth-order valence-electron chi connectivity index (χ4n) is 5.32. The van der Waals surface area contributed by atoms with E-state index in [2.05, 4.69) is 45.5 Å². The van der Waals surface area contributed by atoms with Gasteiger partial charge in [0.1, 0.15) is 17.2 Å². The Kier molecular flexibility index (Phi) is 5.48. The van der Waals surface area contributed by atoms with E-state index in [-0.39, 0.29) is 11.7 Å². The van der Waals surface area contributed by atoms with Crippen LogP contribution < -0.4 is 5.32 Å². The van der Waals surface area contributed by atoms with Crippen molar-refractivity contribution in [1.29, 1.82) is 0 Å². The van der Waals surface area contributed by atoms with Crippen molar-refractivity contribution in [1.82, 2.24) is 8.97 Å². The quantitative estimate of drug-likeness (QED) is 0.287. The van der Waals surface area contributed by atoms with Crippen molar-refractivity contribution >= 4 is 17.2 Å². The highest BCUT2D eigenvalue weighted by molar-refractivity contribution is 6.10. The third kappa shape index (κ3) is 3.81. The maximum absolute atomic E-state index is 13.9. The zero-order valence-corrected chi connectivity index (χ0v) is 20.5. The fourth-order valence-corrected chi connectivity index (χ4v) is 5.32. The lowest BCUT2D eigenvalue weighted by Crippen LogP contribution is -2.15. The van der Waals surface area contributed by atoms with Crippen LogP contribution in [0.2, 0.25) is 0 Å². The molecule has 0 bridgehead atoms. The van der Waals surface area contributed by atoms with E-state index in [1.54, 1.807) is 0 Å². The Balaban J connectivity index is 1.60. The van der Waals surface area contributed by atoms with E-state index >= 15 is 0 Å². The average molecular weight is 478 g/mol. The number of imidazole rings is 1. The molecule has 36 heavy (non-hydrogen) atoms. The lowest BCUT2D eigenvalue weighted by molar-refractivity contribution is 0.102. The number of hydrogen-bond acceptors (Lipinski definition) is 1. The molecule has 0 spiro atoms. The maximum Gasteiger partial charge on any atom is 0.273 e. The zero-order chi connectivity index (χ0) is 24.8. The van der Waals surface area contributed by atoms with E-state index in [4.69, 9.17) is 0 Å². The van der Waals surface area contributed by atoms with Gasteiger partial charge in [-0.15, -0.1) is 0 Å². The highest BCUT2D eigenvalue weighted by atomic mass is 19.1. The highest BCUT2D eigenvalue weighted by Crippen LogP contribution is 2.39. The lowest BCUT2D eigenvalue weighted by atomic mass is 9.97. The van der Waals surface area contributed by atoms with Crippen LogP contribution in [-0.2, 0) is 13.0 Å². The second kappa shape index (κ2) is 8.83. The normalized spacial score (nSPS) is 13.1. The minimum atomic E-state index is -0.256. The summed E-state index contributed by atoms with van der Waals surface area (Å²) in [7, 11) is 0. The molecule has 0 saturated carbocycles. The van der Waals surface area contributed by atoms with Crippen LogP contribution in [0.3, 0.4) is 0 Å². The predicted octanol–water partition coefficient (Wildman–Crippen LogP) is 7.42. The summed E-state index contributed by atoms with van der Waals surface area (Å²) in [6.45, 7) is 4.96. The molecule has 1 aliphatic rings. The van der Waals surface area contributed by atoms with Crippen molar-refractivity contribution in [2.75, 3.05) is 5.32 Å². The van der Waals surface area contributed by atoms with Crippen molar-refractivity contribution in [3.05, 3.63) is 107 Å². The van der Waals surface area contributed by atoms with Gasteiger partial charge in [0.2, 0.25) is 0 Å². The Morgan fingerprint density at radius 2 is 1.47 bits per heavy atom. The molecule has 180 valence electrons. The number of nitrogens with one attached hydrogen (secondary N) is 1. The van der Waals surface area contributed by atoms with E-state index in [1.165, 1.54) is 23.3 Å². The number of halogens is 1. The SMILES string of the molecule is Cc1ccc(NC(=O)c2c(-c3ccc(C)cc3)c3c4n(c(-c5ccc(F)cc5)cn24)CCCC3)cc1. The number of carbonyl (C=O) groups is 1. The number of rotatable bonds is 4. The largest absolute Gasteiger partial charge is 0.325 e. The summed E-state index contributed by atoms with van der Waals surface area (Å²) in [6.07, 6.45) is 5.03. The summed E-state index contributed by atoms with van der Waals surface area (Å²) in [5.41, 5.74) is 9.95. The van der Waals surface area contributed by atoms with Crippen molar-refractivity contribution < 1.29 is 9.18 Å². The van der Waals surface area contributed by atoms with Crippen LogP contribution in [0.5, 0.6) is 0 Å². The summed E-state index contributed by atoms with van der Waals surface area (Å²) in [5, 5.41) is 3.13. The molecule has 4 nitrogen and oxygen atoms in total. The first-order chi connectivity index (χ1) is 17.5. The molecule has 0 atom stereocenters. The number of hydrogen-bond donors (Lipinski definition) is 1. The standard InChI is InChI=1S/C31H28FN3O/c1-20-6-10-23(11-7-20)28-26-5-3-4-18-34-27(22-12-14-24(32)15-13-22)19-35(31(26)34)29(28)30(36)33-25-16-8-21(2)9-17-25/h6-17,19H,3-5,18H2,1-2H3,(H,33,36). The first kappa shape index (κ1) is 22.4. The van der Waals surface area contributed by atoms with Crippen molar-refractivity contribution in [2.24, 2.45) is 0 Å². The average Bonchev–Trinajstić information content (AvgIpc) is 3.29. The zero-order valence-electron chi connectivity index (χ0n) is 20.5. The molecule has 6 rings (SSSR count). The number of nitrogens with zero attached hydrogens (tertiary/aromatic N) is 2. The Labute approximate surface area is 210 Å². The predicted molar refractivity (Wildman–Crippen MR) is 143 cm³/mol. The van der Waals surface area contributed by atoms with Crippen LogP contribution in [0.4, 0.5) is 10.1 Å². The molecular formula is C31H28FN3O. The second-order valence-electron chi connectivity index (χ2n) is 9.71. The second-order valence-corrected chi connectivity index (χ2v) is 9.71. The molecule has 3 heterocycles. The molecule has 1 aliphatic heterocycles. The molecule has 5 heteroatoms. The summed E-state index contributed by atoms with van der Waals surface area (Å²) < 4.78 is 18.0. The molecule has 1 amide bonds. The molecule has 0 unspecified atom stereocenters. The number of anilines is 1. The minimum Gasteiger partial charge on any atom is -0.325 e. The Bertz CT molecular complexity index is 1570. The van der Waals surface area contributed by atoms with Gasteiger partial charge in [0, 0.05) is 29.6 Å². The van der Waals surface area contributed by atoms with Gasteiger partial charge in [-0.2, -0.15) is 0 Å². The molecule has 0 saturated heterocycles. The highest BCUT2D eigenvalue weighted by Gasteiger charge is 2.29. The van der Waals surface area contributed by atoms with E-state index in [9.17, 15) is 9.18 Å². The van der Waals surface area contributed by atoms with Gasteiger partial charge in [-0.05, 0) is 80.6 Å². The molecule has 5 aromatic rings. The van der Waals surface area contributed by atoms with Crippen molar-refractivity contribution in [3.8, 4) is 22.4 Å². The van der Waals surface area contributed by atoms with Crippen LogP contribution in [0.1, 0.15) is 40.0 Å². The molecule has 0 radical (unpaired) electrons. The van der Waals surface area contributed by atoms with Gasteiger partial charge >= 0.3 is 0 Å². The van der Waals surface area contributed by atoms with Gasteiger partial charge in [0.15, 0.2) is 0 Å². The van der Waals surface area contributed by atoms with Gasteiger partial charge in [0.25, 0.3) is 5.91 Å². The summed E-state index contributed by atoms with van der Waals surface area (Å²) in [5.74, 6) is -0.396. The topological polar surface area (TPSA) is 38.4 Å². The Hall–Kier alpha value is -4.12. The number of amides is 1. The number of benzene rings is 3. The Morgan fingerprint density at radius 3 is 2.17 bits per heavy atom. The monoisotopic (exact) mass is 477 g/mol. The first-order valence-corrected chi connectivity index (χ1v) is 12.5. The van der Waals surface area contributed by atoms with E-state index < -0.39 is 0 Å². The fraction of sp³-hybridized carbons (Fsp3) is 0.194. The lowest BCUT2D eigenvalue weighted by Gasteiger charge is -2.11. The molecule has 1 N–H and O–H groups in total. The van der Waals surface area contributed by atoms with Crippen molar-refractivity contribution in [3.63, 3.8) is 0 Å². The van der Waals surface area contributed by atoms with Crippen LogP contribution in [-0.4, -0.2) is 14.9 Å². The van der Waals surface area contributed by atoms with Crippen LogP contribution in [0.15, 0.2) is 79.0 Å². The van der Waals surface area contributed by atoms with Crippen molar-refractivity contribution in [2.45, 2.75) is 39.7 Å². The number of carbonyl (C=O) groups excluding carboxylic acids is 1. The van der Waals surface area contributed by atoms with Gasteiger partial charge in [-0.1, -0.05) is 47.5 Å². The Morgan fingerprint density at radius 1 is 0.833 bits per heavy atom. The summed E-state index contributed by atoms with van der Waals surface area (Å²) >= 11 is 0. The number of aryl methyl sites for hydroxylation is 4. The van der Waals surface area contributed by atoms with Gasteiger partial charge in [-0.3, -0.25) is 9.20 Å². The van der Waals surface area contributed by atoms with E-state index in [0.29, 0.717) is 5.69 Å². The smallest absolute Gasteiger partial charge is 0.273 e. The molecule has 0 fully saturated rings. The van der Waals surface area contributed by atoms with Crippen LogP contribution in [0.25, 0.3) is 28.0 Å². The third-order valence-electron chi connectivity index (χ3n) is 7.14. The molecule has 2 aromatic heterocycles. The third-order valence-corrected chi connectivity index (χ3v) is 7.14. The van der Waals surface area contributed by atoms with Gasteiger partial charge in [0.05, 0.1) is 5.69 Å².